The molecule has 1 aliphatic rings. The van der Waals surface area contributed by atoms with Crippen LogP contribution in [0.3, 0.4) is 0 Å². The van der Waals surface area contributed by atoms with Gasteiger partial charge in [0, 0.05) is 25.6 Å². The zero-order chi connectivity index (χ0) is 20.4. The summed E-state index contributed by atoms with van der Waals surface area (Å²) < 4.78 is 7.06. The number of carbonyl (C=O) groups is 2. The molecular formula is C21H25N5O3. The summed E-state index contributed by atoms with van der Waals surface area (Å²) in [5.41, 5.74) is 3.07. The van der Waals surface area contributed by atoms with Crippen LogP contribution >= 0.6 is 0 Å². The largest absolute Gasteiger partial charge is 0.438 e. The van der Waals surface area contributed by atoms with E-state index in [0.29, 0.717) is 6.54 Å². The van der Waals surface area contributed by atoms with Gasteiger partial charge in [-0.3, -0.25) is 9.59 Å². The normalized spacial score (nSPS) is 19.2. The summed E-state index contributed by atoms with van der Waals surface area (Å²) in [6.07, 6.45) is 5.70. The molecule has 1 saturated carbocycles. The van der Waals surface area contributed by atoms with Crippen molar-refractivity contribution in [2.75, 3.05) is 0 Å². The number of hydrogen-bond donors (Lipinski definition) is 2. The predicted molar refractivity (Wildman–Crippen MR) is 107 cm³/mol. The Hall–Kier alpha value is -3.16. The van der Waals surface area contributed by atoms with E-state index in [2.05, 4.69) is 25.2 Å². The molecule has 2 N–H and O–H groups in total. The van der Waals surface area contributed by atoms with Crippen LogP contribution in [0.15, 0.2) is 35.2 Å². The van der Waals surface area contributed by atoms with E-state index in [0.717, 1.165) is 48.1 Å². The number of rotatable bonds is 5. The molecule has 1 fully saturated rings. The van der Waals surface area contributed by atoms with Crippen molar-refractivity contribution in [2.45, 2.75) is 45.2 Å². The number of fused-ring (bicyclic) bond motifs is 1. The molecule has 29 heavy (non-hydrogen) atoms. The average molecular weight is 395 g/mol. The van der Waals surface area contributed by atoms with Crippen molar-refractivity contribution in [1.82, 2.24) is 25.2 Å². The molecule has 0 aliphatic heterocycles. The lowest BCUT2D eigenvalue weighted by atomic mass is 9.85. The van der Waals surface area contributed by atoms with Gasteiger partial charge >= 0.3 is 0 Å². The standard InChI is InChI=1S/C21H25N5O3/c1-13-24-17-9-14(3-8-18(17)26(13)2)10-23-20(27)15-4-6-16(7-5-15)25-21(28)19-11-22-12-29-19/h3,8-9,11-12,15-16H,4-7,10H2,1-2H3,(H,23,27)(H,25,28). The summed E-state index contributed by atoms with van der Waals surface area (Å²) in [6.45, 7) is 2.47. The molecule has 0 spiro atoms. The first kappa shape index (κ1) is 19.2. The minimum absolute atomic E-state index is 0.0192. The molecule has 0 bridgehead atoms. The molecule has 0 saturated heterocycles. The van der Waals surface area contributed by atoms with Crippen molar-refractivity contribution in [2.24, 2.45) is 13.0 Å². The van der Waals surface area contributed by atoms with Crippen molar-refractivity contribution >= 4 is 22.8 Å². The molecule has 1 aliphatic carbocycles. The van der Waals surface area contributed by atoms with E-state index in [1.165, 1.54) is 12.6 Å². The monoisotopic (exact) mass is 395 g/mol. The topological polar surface area (TPSA) is 102 Å². The van der Waals surface area contributed by atoms with E-state index in [9.17, 15) is 9.59 Å². The van der Waals surface area contributed by atoms with Crippen molar-refractivity contribution in [3.05, 3.63) is 47.9 Å². The van der Waals surface area contributed by atoms with Gasteiger partial charge in [0.15, 0.2) is 6.39 Å². The van der Waals surface area contributed by atoms with E-state index in [1.807, 2.05) is 32.2 Å². The van der Waals surface area contributed by atoms with E-state index >= 15 is 0 Å². The SMILES string of the molecule is Cc1nc2cc(CNC(=O)C3CCC(NC(=O)c4cnco4)CC3)ccc2n1C. The Kier molecular flexibility index (Phi) is 5.33. The smallest absolute Gasteiger partial charge is 0.288 e. The van der Waals surface area contributed by atoms with Crippen LogP contribution in [0.25, 0.3) is 11.0 Å². The fraction of sp³-hybridized carbons (Fsp3) is 0.429. The minimum Gasteiger partial charge on any atom is -0.438 e. The van der Waals surface area contributed by atoms with E-state index < -0.39 is 0 Å². The number of hydrogen-bond acceptors (Lipinski definition) is 5. The van der Waals surface area contributed by atoms with Crippen LogP contribution < -0.4 is 10.6 Å². The van der Waals surface area contributed by atoms with Gasteiger partial charge in [0.2, 0.25) is 11.7 Å². The fourth-order valence-corrected chi connectivity index (χ4v) is 3.89. The molecule has 4 rings (SSSR count). The molecule has 0 radical (unpaired) electrons. The Balaban J connectivity index is 1.26. The Morgan fingerprint density at radius 1 is 1.24 bits per heavy atom. The third-order valence-corrected chi connectivity index (χ3v) is 5.72. The second kappa shape index (κ2) is 8.06. The van der Waals surface area contributed by atoms with Gasteiger partial charge in [-0.2, -0.15) is 0 Å². The summed E-state index contributed by atoms with van der Waals surface area (Å²) in [5.74, 6) is 0.977. The quantitative estimate of drug-likeness (QED) is 0.691. The van der Waals surface area contributed by atoms with Crippen LogP contribution in [-0.2, 0) is 18.4 Å². The van der Waals surface area contributed by atoms with Gasteiger partial charge in [-0.25, -0.2) is 9.97 Å². The van der Waals surface area contributed by atoms with Crippen LogP contribution in [0.4, 0.5) is 0 Å². The van der Waals surface area contributed by atoms with Crippen LogP contribution in [-0.4, -0.2) is 32.4 Å². The highest BCUT2D eigenvalue weighted by Crippen LogP contribution is 2.25. The molecular weight excluding hydrogens is 370 g/mol. The minimum atomic E-state index is -0.254. The lowest BCUT2D eigenvalue weighted by Crippen LogP contribution is -2.40. The van der Waals surface area contributed by atoms with Crippen molar-refractivity contribution in [3.63, 3.8) is 0 Å². The molecule has 8 heteroatoms. The van der Waals surface area contributed by atoms with Crippen LogP contribution in [0, 0.1) is 12.8 Å². The van der Waals surface area contributed by atoms with Gasteiger partial charge in [-0.05, 0) is 50.3 Å². The first-order valence-electron chi connectivity index (χ1n) is 9.90. The Morgan fingerprint density at radius 2 is 2.03 bits per heavy atom. The van der Waals surface area contributed by atoms with Gasteiger partial charge < -0.3 is 19.6 Å². The lowest BCUT2D eigenvalue weighted by molar-refractivity contribution is -0.126. The van der Waals surface area contributed by atoms with Crippen molar-refractivity contribution in [3.8, 4) is 0 Å². The molecule has 3 aromatic rings. The Morgan fingerprint density at radius 3 is 2.76 bits per heavy atom. The van der Waals surface area contributed by atoms with Crippen LogP contribution in [0.5, 0.6) is 0 Å². The molecule has 2 amide bonds. The number of aromatic nitrogens is 3. The highest BCUT2D eigenvalue weighted by Gasteiger charge is 2.27. The lowest BCUT2D eigenvalue weighted by Gasteiger charge is -2.28. The summed E-state index contributed by atoms with van der Waals surface area (Å²) >= 11 is 0. The first-order chi connectivity index (χ1) is 14.0. The number of nitrogens with zero attached hydrogens (tertiary/aromatic N) is 3. The molecule has 2 heterocycles. The number of aryl methyl sites for hydroxylation is 2. The van der Waals surface area contributed by atoms with E-state index in [4.69, 9.17) is 4.42 Å². The number of imidazole rings is 1. The third kappa shape index (κ3) is 4.16. The number of oxazole rings is 1. The molecule has 152 valence electrons. The van der Waals surface area contributed by atoms with Gasteiger partial charge in [-0.15, -0.1) is 0 Å². The van der Waals surface area contributed by atoms with E-state index in [1.54, 1.807) is 0 Å². The molecule has 2 aromatic heterocycles. The highest BCUT2D eigenvalue weighted by molar-refractivity contribution is 5.91. The zero-order valence-corrected chi connectivity index (χ0v) is 16.6. The third-order valence-electron chi connectivity index (χ3n) is 5.72. The second-order valence-electron chi connectivity index (χ2n) is 7.65. The average Bonchev–Trinajstić information content (AvgIpc) is 3.35. The fourth-order valence-electron chi connectivity index (χ4n) is 3.89. The summed E-state index contributed by atoms with van der Waals surface area (Å²) in [5, 5.41) is 6.00. The summed E-state index contributed by atoms with van der Waals surface area (Å²) in [4.78, 5) is 32.9. The maximum atomic E-state index is 12.6. The molecule has 0 atom stereocenters. The van der Waals surface area contributed by atoms with E-state index in [-0.39, 0.29) is 29.5 Å². The van der Waals surface area contributed by atoms with Crippen LogP contribution in [0.1, 0.15) is 47.6 Å². The predicted octanol–water partition coefficient (Wildman–Crippen LogP) is 2.47. The zero-order valence-electron chi connectivity index (χ0n) is 16.6. The maximum absolute atomic E-state index is 12.6. The molecule has 8 nitrogen and oxygen atoms in total. The number of benzene rings is 1. The van der Waals surface area contributed by atoms with Gasteiger partial charge in [0.1, 0.15) is 5.82 Å². The summed E-state index contributed by atoms with van der Waals surface area (Å²) in [7, 11) is 2.00. The molecule has 0 unspecified atom stereocenters. The second-order valence-corrected chi connectivity index (χ2v) is 7.65. The van der Waals surface area contributed by atoms with Crippen molar-refractivity contribution in [1.29, 1.82) is 0 Å². The van der Waals surface area contributed by atoms with Crippen molar-refractivity contribution < 1.29 is 14.0 Å². The summed E-state index contributed by atoms with van der Waals surface area (Å²) in [6, 6.07) is 6.16. The molecule has 1 aromatic carbocycles. The van der Waals surface area contributed by atoms with Gasteiger partial charge in [-0.1, -0.05) is 6.07 Å². The van der Waals surface area contributed by atoms with Gasteiger partial charge in [0.05, 0.1) is 17.2 Å². The van der Waals surface area contributed by atoms with Crippen LogP contribution in [0.2, 0.25) is 0 Å². The van der Waals surface area contributed by atoms with Gasteiger partial charge in [0.25, 0.3) is 5.91 Å². The maximum Gasteiger partial charge on any atom is 0.288 e. The number of amides is 2. The highest BCUT2D eigenvalue weighted by atomic mass is 16.3. The first-order valence-corrected chi connectivity index (χ1v) is 9.90. The Labute approximate surface area is 168 Å². The Bertz CT molecular complexity index is 1020. The number of nitrogens with one attached hydrogen (secondary N) is 2. The number of carbonyl (C=O) groups excluding carboxylic acids is 2.